The molecule has 0 bridgehead atoms. The lowest BCUT2D eigenvalue weighted by Gasteiger charge is -2.32. The lowest BCUT2D eigenvalue weighted by Crippen LogP contribution is -2.47. The maximum atomic E-state index is 15.0. The van der Waals surface area contributed by atoms with Gasteiger partial charge in [0.15, 0.2) is 0 Å². The smallest absolute Gasteiger partial charge is 0.129 e. The molecule has 0 aliphatic heterocycles. The summed E-state index contributed by atoms with van der Waals surface area (Å²) in [4.78, 5) is 2.01. The highest BCUT2D eigenvalue weighted by Gasteiger charge is 2.33. The zero-order chi connectivity index (χ0) is 18.6. The van der Waals surface area contributed by atoms with Crippen LogP contribution in [0.15, 0.2) is 52.9 Å². The van der Waals surface area contributed by atoms with E-state index in [0.717, 1.165) is 26.5 Å². The minimum atomic E-state index is -0.476. The van der Waals surface area contributed by atoms with Crippen molar-refractivity contribution in [2.45, 2.75) is 39.3 Å². The fourth-order valence-corrected chi connectivity index (χ4v) is 3.91. The summed E-state index contributed by atoms with van der Waals surface area (Å²) in [5.74, 6) is 2.38. The molecule has 0 saturated carbocycles. The second kappa shape index (κ2) is 8.44. The molecule has 0 saturated heterocycles. The Morgan fingerprint density at radius 1 is 1.40 bits per heavy atom. The van der Waals surface area contributed by atoms with Crippen LogP contribution in [0, 0.1) is 19.3 Å². The lowest BCUT2D eigenvalue weighted by atomic mass is 9.82. The standard InChI is InChI=1S/C21H25FN2S/c1-6-7-15(10-8-13(2)3)16-12-17(22)19(20(23)21(16)24-5)18-11-9-14(4)25-18/h1,8-12,20-21,24H,7,23H2,2-5H3/b15-10+. The van der Waals surface area contributed by atoms with Gasteiger partial charge in [-0.2, -0.15) is 0 Å². The largest absolute Gasteiger partial charge is 0.322 e. The Bertz CT molecular complexity index is 798. The van der Waals surface area contributed by atoms with Crippen molar-refractivity contribution in [3.05, 3.63) is 62.7 Å². The van der Waals surface area contributed by atoms with Gasteiger partial charge in [0.1, 0.15) is 5.83 Å². The fourth-order valence-electron chi connectivity index (χ4n) is 2.95. The molecule has 2 nitrogen and oxygen atoms in total. The van der Waals surface area contributed by atoms with Gasteiger partial charge in [0.05, 0.1) is 12.1 Å². The predicted molar refractivity (Wildman–Crippen MR) is 107 cm³/mol. The monoisotopic (exact) mass is 356 g/mol. The van der Waals surface area contributed by atoms with E-state index in [2.05, 4.69) is 11.2 Å². The van der Waals surface area contributed by atoms with Gasteiger partial charge in [-0.3, -0.25) is 0 Å². The van der Waals surface area contributed by atoms with Crippen molar-refractivity contribution in [3.8, 4) is 12.3 Å². The molecule has 2 unspecified atom stereocenters. The van der Waals surface area contributed by atoms with Crippen LogP contribution in [0.5, 0.6) is 0 Å². The Balaban J connectivity index is 2.57. The van der Waals surface area contributed by atoms with E-state index in [0.29, 0.717) is 12.0 Å². The van der Waals surface area contributed by atoms with Crippen LogP contribution in [0.2, 0.25) is 0 Å². The lowest BCUT2D eigenvalue weighted by molar-refractivity contribution is 0.555. The van der Waals surface area contributed by atoms with Crippen molar-refractivity contribution in [2.24, 2.45) is 5.73 Å². The molecular formula is C21H25FN2S. The molecule has 1 aliphatic carbocycles. The second-order valence-electron chi connectivity index (χ2n) is 6.38. The second-order valence-corrected chi connectivity index (χ2v) is 7.67. The van der Waals surface area contributed by atoms with Gasteiger partial charge < -0.3 is 11.1 Å². The molecule has 0 radical (unpaired) electrons. The zero-order valence-corrected chi connectivity index (χ0v) is 16.0. The van der Waals surface area contributed by atoms with Crippen LogP contribution in [0.4, 0.5) is 4.39 Å². The first-order valence-electron chi connectivity index (χ1n) is 8.27. The topological polar surface area (TPSA) is 38.0 Å². The number of likely N-dealkylation sites (N-methyl/N-ethyl adjacent to an activating group) is 1. The minimum Gasteiger partial charge on any atom is -0.322 e. The molecule has 1 aromatic rings. The molecule has 1 heterocycles. The highest BCUT2D eigenvalue weighted by atomic mass is 32.1. The van der Waals surface area contributed by atoms with Crippen molar-refractivity contribution in [2.75, 3.05) is 7.05 Å². The van der Waals surface area contributed by atoms with Crippen molar-refractivity contribution >= 4 is 16.9 Å². The molecule has 2 rings (SSSR count). The van der Waals surface area contributed by atoms with Crippen LogP contribution in [-0.4, -0.2) is 19.1 Å². The molecule has 132 valence electrons. The number of hydrogen-bond acceptors (Lipinski definition) is 3. The van der Waals surface area contributed by atoms with E-state index < -0.39 is 6.04 Å². The van der Waals surface area contributed by atoms with E-state index in [1.165, 1.54) is 0 Å². The third kappa shape index (κ3) is 4.38. The number of hydrogen-bond donors (Lipinski definition) is 2. The summed E-state index contributed by atoms with van der Waals surface area (Å²) in [7, 11) is 1.84. The Hall–Kier alpha value is -1.93. The SMILES string of the molecule is C#CC/C(=C\C=C(C)C)C1=CC(F)=C(c2ccc(C)s2)C(N)C1NC. The van der Waals surface area contributed by atoms with Gasteiger partial charge in [-0.15, -0.1) is 23.7 Å². The fraction of sp³-hybridized carbons (Fsp3) is 0.333. The molecule has 4 heteroatoms. The molecule has 2 atom stereocenters. The van der Waals surface area contributed by atoms with Crippen molar-refractivity contribution < 1.29 is 4.39 Å². The summed E-state index contributed by atoms with van der Waals surface area (Å²) in [6.45, 7) is 6.03. The summed E-state index contributed by atoms with van der Waals surface area (Å²) >= 11 is 1.56. The van der Waals surface area contributed by atoms with E-state index >= 15 is 0 Å². The number of thiophene rings is 1. The van der Waals surface area contributed by atoms with Gasteiger partial charge in [0.2, 0.25) is 0 Å². The normalized spacial score (nSPS) is 21.0. The molecule has 3 N–H and O–H groups in total. The van der Waals surface area contributed by atoms with Crippen molar-refractivity contribution in [1.82, 2.24) is 5.32 Å². The molecule has 0 aromatic carbocycles. The van der Waals surface area contributed by atoms with Gasteiger partial charge in [0.25, 0.3) is 0 Å². The van der Waals surface area contributed by atoms with Gasteiger partial charge in [-0.1, -0.05) is 17.7 Å². The van der Waals surface area contributed by atoms with E-state index in [1.54, 1.807) is 17.4 Å². The van der Waals surface area contributed by atoms with Crippen LogP contribution in [-0.2, 0) is 0 Å². The van der Waals surface area contributed by atoms with Gasteiger partial charge in [0, 0.05) is 21.7 Å². The van der Waals surface area contributed by atoms with Crippen LogP contribution in [0.1, 0.15) is 30.0 Å². The van der Waals surface area contributed by atoms with E-state index in [-0.39, 0.29) is 11.9 Å². The van der Waals surface area contributed by atoms with Crippen LogP contribution >= 0.6 is 11.3 Å². The summed E-state index contributed by atoms with van der Waals surface area (Å²) in [5, 5.41) is 3.24. The number of rotatable bonds is 5. The molecule has 0 spiro atoms. The third-order valence-electron chi connectivity index (χ3n) is 4.17. The first-order valence-corrected chi connectivity index (χ1v) is 9.09. The summed E-state index contributed by atoms with van der Waals surface area (Å²) in [5.41, 5.74) is 9.90. The first kappa shape index (κ1) is 19.4. The average Bonchev–Trinajstić information content (AvgIpc) is 2.97. The Labute approximate surface area is 154 Å². The number of aryl methyl sites for hydroxylation is 1. The predicted octanol–water partition coefficient (Wildman–Crippen LogP) is 4.51. The number of halogens is 1. The summed E-state index contributed by atoms with van der Waals surface area (Å²) < 4.78 is 15.0. The Kier molecular flexibility index (Phi) is 6.55. The minimum absolute atomic E-state index is 0.193. The summed E-state index contributed by atoms with van der Waals surface area (Å²) in [6.07, 6.45) is 11.5. The molecule has 0 amide bonds. The van der Waals surface area contributed by atoms with Crippen LogP contribution in [0.25, 0.3) is 5.57 Å². The molecule has 1 aromatic heterocycles. The van der Waals surface area contributed by atoms with Crippen LogP contribution in [0.3, 0.4) is 0 Å². The molecular weight excluding hydrogens is 331 g/mol. The zero-order valence-electron chi connectivity index (χ0n) is 15.2. The molecule has 25 heavy (non-hydrogen) atoms. The highest BCUT2D eigenvalue weighted by Crippen LogP contribution is 2.37. The maximum absolute atomic E-state index is 15.0. The van der Waals surface area contributed by atoms with E-state index in [1.807, 2.05) is 52.1 Å². The summed E-state index contributed by atoms with van der Waals surface area (Å²) in [6, 6.07) is 3.25. The van der Waals surface area contributed by atoms with Gasteiger partial charge in [-0.05, 0) is 57.2 Å². The van der Waals surface area contributed by atoms with Gasteiger partial charge >= 0.3 is 0 Å². The molecule has 1 aliphatic rings. The number of allylic oxidation sites excluding steroid dienone is 5. The first-order chi connectivity index (χ1) is 11.9. The highest BCUT2D eigenvalue weighted by molar-refractivity contribution is 7.13. The Morgan fingerprint density at radius 2 is 2.12 bits per heavy atom. The number of terminal acetylenes is 1. The van der Waals surface area contributed by atoms with Crippen molar-refractivity contribution in [1.29, 1.82) is 0 Å². The third-order valence-corrected chi connectivity index (χ3v) is 5.20. The maximum Gasteiger partial charge on any atom is 0.129 e. The van der Waals surface area contributed by atoms with E-state index in [9.17, 15) is 4.39 Å². The number of nitrogens with two attached hydrogens (primary N) is 1. The number of nitrogens with one attached hydrogen (secondary N) is 1. The molecule has 0 fully saturated rings. The van der Waals surface area contributed by atoms with Gasteiger partial charge in [-0.25, -0.2) is 4.39 Å². The van der Waals surface area contributed by atoms with E-state index in [4.69, 9.17) is 12.2 Å². The van der Waals surface area contributed by atoms with Crippen LogP contribution < -0.4 is 11.1 Å². The Morgan fingerprint density at radius 3 is 2.64 bits per heavy atom. The van der Waals surface area contributed by atoms with Crippen molar-refractivity contribution in [3.63, 3.8) is 0 Å². The average molecular weight is 357 g/mol. The quantitative estimate of drug-likeness (QED) is 0.602.